The van der Waals surface area contributed by atoms with Crippen LogP contribution in [-0.4, -0.2) is 23.7 Å². The molecule has 5 aliphatic rings. The number of hydroxylamine groups is 2. The molecule has 5 rings (SSSR count). The molecule has 45 heavy (non-hydrogen) atoms. The van der Waals surface area contributed by atoms with Crippen LogP contribution >= 0.6 is 0 Å². The fraction of sp³-hybridized carbons (Fsp3) is 0.780. The summed E-state index contributed by atoms with van der Waals surface area (Å²) in [5.74, 6) is 6.57. The Morgan fingerprint density at radius 3 is 2.56 bits per heavy atom. The number of carbonyl (C=O) groups is 1. The number of nitrogens with zero attached hydrogens (tertiary/aromatic N) is 1. The first-order valence-corrected chi connectivity index (χ1v) is 18.8. The highest BCUT2D eigenvalue weighted by Gasteiger charge is 2.59. The molecule has 0 N–H and O–H groups in total. The highest BCUT2D eigenvalue weighted by atomic mass is 16.7. The zero-order valence-corrected chi connectivity index (χ0v) is 29.9. The quantitative estimate of drug-likeness (QED) is 0.117. The molecule has 0 radical (unpaired) electrons. The van der Waals surface area contributed by atoms with Crippen LogP contribution < -0.4 is 0 Å². The Morgan fingerprint density at radius 1 is 1.04 bits per heavy atom. The summed E-state index contributed by atoms with van der Waals surface area (Å²) in [6.07, 6.45) is 24.7. The van der Waals surface area contributed by atoms with Crippen molar-refractivity contribution in [3.8, 4) is 0 Å². The number of esters is 1. The van der Waals surface area contributed by atoms with Crippen LogP contribution in [0.4, 0.5) is 0 Å². The van der Waals surface area contributed by atoms with Crippen LogP contribution in [0.25, 0.3) is 0 Å². The average Bonchev–Trinajstić information content (AvgIpc) is 3.36. The summed E-state index contributed by atoms with van der Waals surface area (Å²) < 4.78 is 6.07. The van der Waals surface area contributed by atoms with Gasteiger partial charge in [0.15, 0.2) is 0 Å². The van der Waals surface area contributed by atoms with Crippen molar-refractivity contribution in [3.05, 3.63) is 47.9 Å². The van der Waals surface area contributed by atoms with E-state index in [1.54, 1.807) is 10.6 Å². The Kier molecular flexibility index (Phi) is 11.0. The molecule has 3 saturated carbocycles. The number of carbonyl (C=O) groups excluding carboxylic acids is 1. The van der Waals surface area contributed by atoms with Crippen LogP contribution in [0.1, 0.15) is 138 Å². The van der Waals surface area contributed by atoms with Gasteiger partial charge in [0, 0.05) is 25.5 Å². The Balaban J connectivity index is 1.10. The molecule has 1 heterocycles. The van der Waals surface area contributed by atoms with Crippen LogP contribution in [0, 0.1) is 52.3 Å². The maximum atomic E-state index is 12.8. The lowest BCUT2D eigenvalue weighted by molar-refractivity contribution is -0.151. The third-order valence-corrected chi connectivity index (χ3v) is 13.8. The highest BCUT2D eigenvalue weighted by molar-refractivity contribution is 5.69. The van der Waals surface area contributed by atoms with Crippen molar-refractivity contribution < 1.29 is 14.4 Å². The number of ether oxygens (including phenoxy) is 1. The van der Waals surface area contributed by atoms with Crippen molar-refractivity contribution in [2.75, 3.05) is 6.54 Å². The number of hydrogen-bond donors (Lipinski definition) is 0. The van der Waals surface area contributed by atoms with Gasteiger partial charge in [-0.3, -0.25) is 4.79 Å². The first-order chi connectivity index (χ1) is 21.4. The molecule has 3 fully saturated rings. The van der Waals surface area contributed by atoms with E-state index in [2.05, 4.69) is 67.2 Å². The van der Waals surface area contributed by atoms with Crippen molar-refractivity contribution in [1.29, 1.82) is 0 Å². The summed E-state index contributed by atoms with van der Waals surface area (Å²) in [4.78, 5) is 18.6. The second-order valence-corrected chi connectivity index (χ2v) is 16.7. The van der Waals surface area contributed by atoms with Gasteiger partial charge in [-0.05, 0) is 123 Å². The Morgan fingerprint density at radius 2 is 1.84 bits per heavy atom. The summed E-state index contributed by atoms with van der Waals surface area (Å²) in [5, 5.41) is 1.78. The van der Waals surface area contributed by atoms with Gasteiger partial charge in [0.05, 0.1) is 6.54 Å². The van der Waals surface area contributed by atoms with E-state index in [0.29, 0.717) is 30.4 Å². The first kappa shape index (κ1) is 34.4. The Bertz CT molecular complexity index is 1150. The van der Waals surface area contributed by atoms with E-state index >= 15 is 0 Å². The third kappa shape index (κ3) is 7.46. The van der Waals surface area contributed by atoms with Gasteiger partial charge in [0.25, 0.3) is 0 Å². The largest absolute Gasteiger partial charge is 0.462 e. The highest BCUT2D eigenvalue weighted by Crippen LogP contribution is 2.67. The SMILES string of the molecule is C=C(CCCC(=O)O[C@H]1CC[C@@]2(C)C(=CC[C@H]3[C@@H]4CC[C@H]([C@@H](C)CC[C@@H](CC)C(C)C)[C@@]4(C)CC[C@@H]32)C1)ON1C=CC(C)=CC1. The first-order valence-electron chi connectivity index (χ1n) is 18.8. The van der Waals surface area contributed by atoms with Crippen LogP contribution in [0.2, 0.25) is 0 Å². The summed E-state index contributed by atoms with van der Waals surface area (Å²) in [7, 11) is 0. The topological polar surface area (TPSA) is 38.8 Å². The number of allylic oxidation sites excluding steroid dienone is 4. The molecule has 4 nitrogen and oxygen atoms in total. The molecule has 0 bridgehead atoms. The second-order valence-electron chi connectivity index (χ2n) is 16.7. The maximum Gasteiger partial charge on any atom is 0.306 e. The number of fused-ring (bicyclic) bond motifs is 5. The van der Waals surface area contributed by atoms with E-state index in [0.717, 1.165) is 67.2 Å². The van der Waals surface area contributed by atoms with Gasteiger partial charge >= 0.3 is 5.97 Å². The molecule has 4 heteroatoms. The van der Waals surface area contributed by atoms with Gasteiger partial charge in [0.2, 0.25) is 0 Å². The van der Waals surface area contributed by atoms with E-state index in [1.165, 1.54) is 56.9 Å². The molecule has 0 amide bonds. The lowest BCUT2D eigenvalue weighted by atomic mass is 9.47. The monoisotopic (exact) mass is 619 g/mol. The van der Waals surface area contributed by atoms with Gasteiger partial charge in [-0.25, -0.2) is 5.06 Å². The van der Waals surface area contributed by atoms with Crippen LogP contribution in [0.15, 0.2) is 47.9 Å². The predicted molar refractivity (Wildman–Crippen MR) is 186 cm³/mol. The molecule has 4 aliphatic carbocycles. The van der Waals surface area contributed by atoms with E-state index in [9.17, 15) is 4.79 Å². The van der Waals surface area contributed by atoms with E-state index in [4.69, 9.17) is 9.57 Å². The molecule has 0 saturated heterocycles. The van der Waals surface area contributed by atoms with E-state index in [-0.39, 0.29) is 17.5 Å². The lowest BCUT2D eigenvalue weighted by Gasteiger charge is -2.58. The van der Waals surface area contributed by atoms with Crippen molar-refractivity contribution in [2.45, 2.75) is 144 Å². The minimum Gasteiger partial charge on any atom is -0.462 e. The standard InChI is InChI=1S/C41H65NO3/c1-9-32(28(2)3)14-13-30(5)36-17-18-37-35-16-15-33-27-34(19-23-40(33,7)38(35)20-24-41(36,37)8)44-39(43)12-10-11-31(6)45-42-25-21-29(4)22-26-42/h15,21-22,25,28,30,32,34-38H,6,9-14,16-20,23-24,26-27H2,1-5,7-8H3/t30-,32+,34-,35-,36+,37-,38-,40-,41+/m0/s1. The Labute approximate surface area is 276 Å². The van der Waals surface area contributed by atoms with Crippen molar-refractivity contribution in [1.82, 2.24) is 5.06 Å². The van der Waals surface area contributed by atoms with Gasteiger partial charge in [-0.1, -0.05) is 84.3 Å². The number of hydrogen-bond acceptors (Lipinski definition) is 4. The molecule has 0 spiro atoms. The Hall–Kier alpha value is -1.97. The van der Waals surface area contributed by atoms with Crippen LogP contribution in [0.3, 0.4) is 0 Å². The van der Waals surface area contributed by atoms with Crippen LogP contribution in [-0.2, 0) is 14.4 Å². The molecule has 1 aliphatic heterocycles. The molecule has 9 atom stereocenters. The maximum absolute atomic E-state index is 12.8. The van der Waals surface area contributed by atoms with Crippen LogP contribution in [0.5, 0.6) is 0 Å². The minimum atomic E-state index is -0.0692. The second kappa shape index (κ2) is 14.4. The molecular weight excluding hydrogens is 554 g/mol. The fourth-order valence-corrected chi connectivity index (χ4v) is 10.9. The van der Waals surface area contributed by atoms with Crippen molar-refractivity contribution >= 4 is 5.97 Å². The van der Waals surface area contributed by atoms with Gasteiger partial charge in [-0.2, -0.15) is 0 Å². The average molecular weight is 620 g/mol. The molecule has 252 valence electrons. The van der Waals surface area contributed by atoms with Gasteiger partial charge in [-0.15, -0.1) is 0 Å². The summed E-state index contributed by atoms with van der Waals surface area (Å²) >= 11 is 0. The lowest BCUT2D eigenvalue weighted by Crippen LogP contribution is -2.51. The zero-order valence-electron chi connectivity index (χ0n) is 29.9. The van der Waals surface area contributed by atoms with E-state index < -0.39 is 0 Å². The molecule has 0 unspecified atom stereocenters. The van der Waals surface area contributed by atoms with Gasteiger partial charge < -0.3 is 9.57 Å². The van der Waals surface area contributed by atoms with Crippen molar-refractivity contribution in [2.24, 2.45) is 52.3 Å². The zero-order chi connectivity index (χ0) is 32.4. The molecular formula is C41H65NO3. The third-order valence-electron chi connectivity index (χ3n) is 13.8. The van der Waals surface area contributed by atoms with Crippen molar-refractivity contribution in [3.63, 3.8) is 0 Å². The van der Waals surface area contributed by atoms with Gasteiger partial charge in [0.1, 0.15) is 11.9 Å². The molecule has 0 aromatic carbocycles. The minimum absolute atomic E-state index is 0.0321. The fourth-order valence-electron chi connectivity index (χ4n) is 10.9. The predicted octanol–water partition coefficient (Wildman–Crippen LogP) is 11.0. The normalized spacial score (nSPS) is 35.5. The molecule has 0 aromatic rings. The summed E-state index contributed by atoms with van der Waals surface area (Å²) in [6.45, 7) is 21.9. The summed E-state index contributed by atoms with van der Waals surface area (Å²) in [6, 6.07) is 0. The summed E-state index contributed by atoms with van der Waals surface area (Å²) in [5.41, 5.74) is 3.64. The smallest absolute Gasteiger partial charge is 0.306 e. The molecule has 0 aromatic heterocycles. The number of rotatable bonds is 13. The van der Waals surface area contributed by atoms with E-state index in [1.807, 2.05) is 12.3 Å².